The molecule has 1 amide bonds. The summed E-state index contributed by atoms with van der Waals surface area (Å²) >= 11 is 0. The molecule has 2 atom stereocenters. The Hall–Kier alpha value is -2.50. The second kappa shape index (κ2) is 7.49. The molecule has 0 unspecified atom stereocenters. The van der Waals surface area contributed by atoms with Gasteiger partial charge in [0.15, 0.2) is 0 Å². The van der Waals surface area contributed by atoms with Gasteiger partial charge in [0.05, 0.1) is 11.5 Å². The molecule has 3 nitrogen and oxygen atoms in total. The molecule has 1 N–H and O–H groups in total. The molecule has 4 rings (SSSR count). The third-order valence-electron chi connectivity index (χ3n) is 5.82. The van der Waals surface area contributed by atoms with Crippen LogP contribution in [0.2, 0.25) is 0 Å². The molecule has 1 fully saturated rings. The molecule has 2 aromatic rings. The number of anilines is 1. The van der Waals surface area contributed by atoms with Crippen LogP contribution in [0.1, 0.15) is 36.0 Å². The van der Waals surface area contributed by atoms with E-state index in [4.69, 9.17) is 0 Å². The number of alkyl halides is 3. The molecule has 1 saturated heterocycles. The molecule has 0 aliphatic carbocycles. The minimum atomic E-state index is -4.38. The number of rotatable bonds is 3. The molecule has 28 heavy (non-hydrogen) atoms. The largest absolute Gasteiger partial charge is 0.416 e. The molecule has 148 valence electrons. The van der Waals surface area contributed by atoms with Crippen LogP contribution < -0.4 is 10.2 Å². The summed E-state index contributed by atoms with van der Waals surface area (Å²) in [4.78, 5) is 15.1. The Kier molecular flexibility index (Phi) is 5.04. The van der Waals surface area contributed by atoms with Gasteiger partial charge in [-0.3, -0.25) is 4.79 Å². The van der Waals surface area contributed by atoms with Gasteiger partial charge in [-0.1, -0.05) is 30.3 Å². The number of nitrogens with zero attached hydrogens (tertiary/aromatic N) is 1. The van der Waals surface area contributed by atoms with Crippen molar-refractivity contribution < 1.29 is 18.0 Å². The molecule has 0 aromatic heterocycles. The van der Waals surface area contributed by atoms with E-state index in [-0.39, 0.29) is 17.9 Å². The van der Waals surface area contributed by atoms with Crippen LogP contribution in [0.4, 0.5) is 18.9 Å². The molecule has 0 bridgehead atoms. The average molecular weight is 388 g/mol. The third kappa shape index (κ3) is 3.73. The van der Waals surface area contributed by atoms with Crippen molar-refractivity contribution in [1.82, 2.24) is 5.32 Å². The number of carbonyl (C=O) groups excluding carboxylic acids is 1. The van der Waals surface area contributed by atoms with Gasteiger partial charge in [0.2, 0.25) is 5.91 Å². The zero-order valence-electron chi connectivity index (χ0n) is 15.5. The highest BCUT2D eigenvalue weighted by atomic mass is 19.4. The van der Waals surface area contributed by atoms with Gasteiger partial charge in [0.1, 0.15) is 0 Å². The monoisotopic (exact) mass is 388 g/mol. The quantitative estimate of drug-likeness (QED) is 0.837. The highest BCUT2D eigenvalue weighted by Gasteiger charge is 2.40. The van der Waals surface area contributed by atoms with Crippen molar-refractivity contribution in [2.24, 2.45) is 5.92 Å². The predicted molar refractivity (Wildman–Crippen MR) is 102 cm³/mol. The van der Waals surface area contributed by atoms with Gasteiger partial charge in [-0.05, 0) is 55.0 Å². The van der Waals surface area contributed by atoms with Gasteiger partial charge in [-0.25, -0.2) is 0 Å². The topological polar surface area (TPSA) is 32.3 Å². The van der Waals surface area contributed by atoms with Crippen molar-refractivity contribution in [3.63, 3.8) is 0 Å². The SMILES string of the molecule is O=C(NCc1ccccc1)[C@@H]1Cc2cc(C(F)(F)F)ccc2N2CCCC[C@@H]12. The molecule has 2 aliphatic heterocycles. The van der Waals surface area contributed by atoms with Crippen molar-refractivity contribution in [2.75, 3.05) is 11.4 Å². The highest BCUT2D eigenvalue weighted by molar-refractivity contribution is 5.82. The fourth-order valence-electron chi connectivity index (χ4n) is 4.44. The molecule has 6 heteroatoms. The van der Waals surface area contributed by atoms with Crippen LogP contribution in [0.3, 0.4) is 0 Å². The maximum atomic E-state index is 13.2. The molecule has 2 heterocycles. The van der Waals surface area contributed by atoms with Crippen LogP contribution in [0, 0.1) is 5.92 Å². The predicted octanol–water partition coefficient (Wildman–Crippen LogP) is 4.55. The number of carbonyl (C=O) groups is 1. The smallest absolute Gasteiger partial charge is 0.368 e. The summed E-state index contributed by atoms with van der Waals surface area (Å²) in [6.07, 6.45) is -1.10. The minimum absolute atomic E-state index is 0.0498. The summed E-state index contributed by atoms with van der Waals surface area (Å²) in [5, 5.41) is 2.99. The normalized spacial score (nSPS) is 21.6. The molecule has 0 saturated carbocycles. The first-order valence-corrected chi connectivity index (χ1v) is 9.72. The summed E-state index contributed by atoms with van der Waals surface area (Å²) < 4.78 is 39.5. The van der Waals surface area contributed by atoms with Gasteiger partial charge in [-0.15, -0.1) is 0 Å². The van der Waals surface area contributed by atoms with E-state index in [0.29, 0.717) is 18.5 Å². The van der Waals surface area contributed by atoms with Crippen LogP contribution in [-0.4, -0.2) is 18.5 Å². The summed E-state index contributed by atoms with van der Waals surface area (Å²) in [7, 11) is 0. The maximum Gasteiger partial charge on any atom is 0.416 e. The number of benzene rings is 2. The first-order chi connectivity index (χ1) is 13.4. The molecule has 0 spiro atoms. The van der Waals surface area contributed by atoms with E-state index in [9.17, 15) is 18.0 Å². The number of hydrogen-bond donors (Lipinski definition) is 1. The second-order valence-electron chi connectivity index (χ2n) is 7.61. The van der Waals surface area contributed by atoms with Gasteiger partial charge in [0, 0.05) is 24.8 Å². The van der Waals surface area contributed by atoms with E-state index < -0.39 is 11.7 Å². The maximum absolute atomic E-state index is 13.2. The van der Waals surface area contributed by atoms with E-state index in [0.717, 1.165) is 43.1 Å². The average Bonchev–Trinajstić information content (AvgIpc) is 2.71. The Morgan fingerprint density at radius 2 is 1.89 bits per heavy atom. The Morgan fingerprint density at radius 1 is 1.11 bits per heavy atom. The van der Waals surface area contributed by atoms with E-state index in [1.165, 1.54) is 6.07 Å². The Balaban J connectivity index is 1.58. The van der Waals surface area contributed by atoms with Crippen molar-refractivity contribution in [2.45, 2.75) is 44.4 Å². The molecule has 0 radical (unpaired) electrons. The lowest BCUT2D eigenvalue weighted by atomic mass is 9.80. The molecule has 2 aromatic carbocycles. The number of hydrogen-bond acceptors (Lipinski definition) is 2. The zero-order chi connectivity index (χ0) is 19.7. The fourth-order valence-corrected chi connectivity index (χ4v) is 4.44. The van der Waals surface area contributed by atoms with Crippen LogP contribution >= 0.6 is 0 Å². The van der Waals surface area contributed by atoms with Crippen LogP contribution in [0.25, 0.3) is 0 Å². The first-order valence-electron chi connectivity index (χ1n) is 9.72. The highest BCUT2D eigenvalue weighted by Crippen LogP contribution is 2.41. The number of nitrogens with one attached hydrogen (secondary N) is 1. The van der Waals surface area contributed by atoms with Gasteiger partial charge in [-0.2, -0.15) is 13.2 Å². The molecule has 2 aliphatic rings. The van der Waals surface area contributed by atoms with Crippen LogP contribution in [0.5, 0.6) is 0 Å². The summed E-state index contributed by atoms with van der Waals surface area (Å²) in [6.45, 7) is 1.21. The number of fused-ring (bicyclic) bond motifs is 3. The van der Waals surface area contributed by atoms with Crippen molar-refractivity contribution in [3.05, 3.63) is 65.2 Å². The van der Waals surface area contributed by atoms with Gasteiger partial charge >= 0.3 is 6.18 Å². The van der Waals surface area contributed by atoms with Gasteiger partial charge in [0.25, 0.3) is 0 Å². The van der Waals surface area contributed by atoms with E-state index in [1.54, 1.807) is 6.07 Å². The summed E-state index contributed by atoms with van der Waals surface area (Å²) in [6, 6.07) is 13.6. The first kappa shape index (κ1) is 18.8. The Labute approximate surface area is 162 Å². The van der Waals surface area contributed by atoms with Gasteiger partial charge < -0.3 is 10.2 Å². The molecular weight excluding hydrogens is 365 g/mol. The number of piperidine rings is 1. The number of amides is 1. The van der Waals surface area contributed by atoms with Crippen molar-refractivity contribution >= 4 is 11.6 Å². The lowest BCUT2D eigenvalue weighted by molar-refractivity contribution is -0.137. The Morgan fingerprint density at radius 3 is 2.64 bits per heavy atom. The standard InChI is InChI=1S/C22H23F3N2O/c23-22(24,25)17-9-10-19-16(12-17)13-18(20-8-4-5-11-27(19)20)21(28)26-14-15-6-2-1-3-7-15/h1-3,6-7,9-10,12,18,20H,4-5,8,11,13-14H2,(H,26,28)/t18-,20+/m1/s1. The summed E-state index contributed by atoms with van der Waals surface area (Å²) in [5.41, 5.74) is 1.83. The fraction of sp³-hybridized carbons (Fsp3) is 0.409. The van der Waals surface area contributed by atoms with Crippen molar-refractivity contribution in [3.8, 4) is 0 Å². The lowest BCUT2D eigenvalue weighted by Crippen LogP contribution is -2.53. The van der Waals surface area contributed by atoms with Crippen LogP contribution in [-0.2, 0) is 23.9 Å². The van der Waals surface area contributed by atoms with E-state index >= 15 is 0 Å². The lowest BCUT2D eigenvalue weighted by Gasteiger charge is -2.46. The van der Waals surface area contributed by atoms with Crippen molar-refractivity contribution in [1.29, 1.82) is 0 Å². The van der Waals surface area contributed by atoms with E-state index in [1.807, 2.05) is 30.3 Å². The molecular formula is C22H23F3N2O. The van der Waals surface area contributed by atoms with E-state index in [2.05, 4.69) is 10.2 Å². The zero-order valence-corrected chi connectivity index (χ0v) is 15.5. The second-order valence-corrected chi connectivity index (χ2v) is 7.61. The third-order valence-corrected chi connectivity index (χ3v) is 5.82. The Bertz CT molecular complexity index is 851. The van der Waals surface area contributed by atoms with Crippen LogP contribution in [0.15, 0.2) is 48.5 Å². The number of halogens is 3. The minimum Gasteiger partial charge on any atom is -0.368 e. The summed E-state index contributed by atoms with van der Waals surface area (Å²) in [5.74, 6) is -0.413.